The number of likely N-dealkylation sites (tertiary alicyclic amines) is 1. The SMILES string of the molecule is Cc1nn(C)c(C)c1C(O)=C1C(=O)C(=O)N(CCCN(C)C)C1c1cccc(Cl)c1. The largest absolute Gasteiger partial charge is 0.507 e. The van der Waals surface area contributed by atoms with Crippen LogP contribution in [0.2, 0.25) is 5.02 Å². The molecule has 7 nitrogen and oxygen atoms in total. The van der Waals surface area contributed by atoms with Crippen molar-refractivity contribution in [1.82, 2.24) is 19.6 Å². The van der Waals surface area contributed by atoms with Gasteiger partial charge < -0.3 is 14.9 Å². The van der Waals surface area contributed by atoms with Gasteiger partial charge in [0.15, 0.2) is 0 Å². The van der Waals surface area contributed by atoms with Crippen LogP contribution in [0.4, 0.5) is 0 Å². The van der Waals surface area contributed by atoms with E-state index < -0.39 is 17.7 Å². The number of aliphatic hydroxyl groups is 1. The summed E-state index contributed by atoms with van der Waals surface area (Å²) < 4.78 is 1.64. The topological polar surface area (TPSA) is 78.7 Å². The van der Waals surface area contributed by atoms with Crippen LogP contribution >= 0.6 is 11.6 Å². The van der Waals surface area contributed by atoms with Gasteiger partial charge in [0.2, 0.25) is 0 Å². The van der Waals surface area contributed by atoms with Crippen LogP contribution in [0.1, 0.15) is 35.0 Å². The molecule has 0 aliphatic carbocycles. The maximum atomic E-state index is 13.0. The molecule has 1 atom stereocenters. The minimum absolute atomic E-state index is 0.0753. The Labute approximate surface area is 181 Å². The molecule has 2 heterocycles. The Hall–Kier alpha value is -2.64. The van der Waals surface area contributed by atoms with Crippen LogP contribution in [0.3, 0.4) is 0 Å². The van der Waals surface area contributed by atoms with E-state index in [1.807, 2.05) is 32.0 Å². The molecule has 1 N–H and O–H groups in total. The molecule has 0 saturated carbocycles. The Kier molecular flexibility index (Phi) is 6.33. The number of hydrogen-bond acceptors (Lipinski definition) is 5. The third-order valence-electron chi connectivity index (χ3n) is 5.45. The number of halogens is 1. The van der Waals surface area contributed by atoms with Gasteiger partial charge in [0.25, 0.3) is 11.7 Å². The number of aliphatic hydroxyl groups excluding tert-OH is 1. The summed E-state index contributed by atoms with van der Waals surface area (Å²) in [5, 5.41) is 16.0. The predicted octanol–water partition coefficient (Wildman–Crippen LogP) is 3.06. The Morgan fingerprint density at radius 3 is 2.53 bits per heavy atom. The lowest BCUT2D eigenvalue weighted by Gasteiger charge is -2.26. The second kappa shape index (κ2) is 8.62. The van der Waals surface area contributed by atoms with Gasteiger partial charge >= 0.3 is 0 Å². The molecule has 1 unspecified atom stereocenters. The second-order valence-corrected chi connectivity index (χ2v) is 8.31. The number of nitrogens with zero attached hydrogens (tertiary/aromatic N) is 4. The number of benzene rings is 1. The maximum absolute atomic E-state index is 13.0. The summed E-state index contributed by atoms with van der Waals surface area (Å²) in [6.07, 6.45) is 0.697. The van der Waals surface area contributed by atoms with Crippen molar-refractivity contribution in [2.45, 2.75) is 26.3 Å². The van der Waals surface area contributed by atoms with E-state index in [4.69, 9.17) is 11.6 Å². The first-order valence-electron chi connectivity index (χ1n) is 9.82. The Morgan fingerprint density at radius 2 is 1.97 bits per heavy atom. The van der Waals surface area contributed by atoms with Crippen molar-refractivity contribution in [2.24, 2.45) is 7.05 Å². The molecule has 1 aliphatic rings. The molecular weight excluding hydrogens is 404 g/mol. The molecule has 0 radical (unpaired) electrons. The number of ketones is 1. The quantitative estimate of drug-likeness (QED) is 0.433. The lowest BCUT2D eigenvalue weighted by molar-refractivity contribution is -0.139. The number of hydrogen-bond donors (Lipinski definition) is 1. The summed E-state index contributed by atoms with van der Waals surface area (Å²) in [5.74, 6) is -1.50. The third-order valence-corrected chi connectivity index (χ3v) is 5.69. The second-order valence-electron chi connectivity index (χ2n) is 7.87. The monoisotopic (exact) mass is 430 g/mol. The summed E-state index contributed by atoms with van der Waals surface area (Å²) in [5.41, 5.74) is 2.55. The van der Waals surface area contributed by atoms with Crippen LogP contribution in [0.5, 0.6) is 0 Å². The number of carbonyl (C=O) groups is 2. The van der Waals surface area contributed by atoms with Gasteiger partial charge in [-0.2, -0.15) is 5.10 Å². The van der Waals surface area contributed by atoms with Crippen molar-refractivity contribution >= 4 is 29.1 Å². The van der Waals surface area contributed by atoms with Gasteiger partial charge in [-0.05, 0) is 58.6 Å². The zero-order valence-corrected chi connectivity index (χ0v) is 18.7. The van der Waals surface area contributed by atoms with Crippen molar-refractivity contribution < 1.29 is 14.7 Å². The predicted molar refractivity (Wildman–Crippen MR) is 116 cm³/mol. The normalized spacial score (nSPS) is 18.6. The van der Waals surface area contributed by atoms with E-state index in [9.17, 15) is 14.7 Å². The van der Waals surface area contributed by atoms with Crippen LogP contribution in [-0.4, -0.2) is 63.6 Å². The number of Topliss-reactive ketones (excluding diaryl/α,β-unsaturated/α-hetero) is 1. The fraction of sp³-hybridized carbons (Fsp3) is 0.409. The van der Waals surface area contributed by atoms with E-state index in [1.54, 1.807) is 36.9 Å². The molecule has 1 aromatic heterocycles. The van der Waals surface area contributed by atoms with E-state index in [0.717, 1.165) is 6.54 Å². The number of aryl methyl sites for hydroxylation is 2. The summed E-state index contributed by atoms with van der Waals surface area (Å²) in [7, 11) is 5.68. The van der Waals surface area contributed by atoms with Gasteiger partial charge in [-0.1, -0.05) is 23.7 Å². The summed E-state index contributed by atoms with van der Waals surface area (Å²) in [6.45, 7) is 4.74. The molecule has 0 bridgehead atoms. The summed E-state index contributed by atoms with van der Waals surface area (Å²) in [4.78, 5) is 29.5. The first-order valence-corrected chi connectivity index (χ1v) is 10.2. The fourth-order valence-electron chi connectivity index (χ4n) is 3.94. The zero-order chi connectivity index (χ0) is 22.2. The average molecular weight is 431 g/mol. The Morgan fingerprint density at radius 1 is 1.27 bits per heavy atom. The average Bonchev–Trinajstić information content (AvgIpc) is 3.07. The first kappa shape index (κ1) is 22.1. The Balaban J connectivity index is 2.16. The summed E-state index contributed by atoms with van der Waals surface area (Å²) in [6, 6.07) is 6.35. The van der Waals surface area contributed by atoms with Crippen LogP contribution in [0.25, 0.3) is 5.76 Å². The van der Waals surface area contributed by atoms with Gasteiger partial charge in [0, 0.05) is 24.3 Å². The molecule has 1 saturated heterocycles. The van der Waals surface area contributed by atoms with Gasteiger partial charge in [-0.15, -0.1) is 0 Å². The van der Waals surface area contributed by atoms with E-state index in [0.29, 0.717) is 40.5 Å². The van der Waals surface area contributed by atoms with E-state index in [-0.39, 0.29) is 11.3 Å². The molecule has 160 valence electrons. The first-order chi connectivity index (χ1) is 14.1. The molecule has 8 heteroatoms. The highest BCUT2D eigenvalue weighted by Gasteiger charge is 2.46. The molecule has 3 rings (SSSR count). The fourth-order valence-corrected chi connectivity index (χ4v) is 4.14. The molecule has 1 aromatic carbocycles. The van der Waals surface area contributed by atoms with Gasteiger partial charge in [0.1, 0.15) is 5.76 Å². The number of rotatable bonds is 6. The lowest BCUT2D eigenvalue weighted by Crippen LogP contribution is -2.32. The molecule has 1 fully saturated rings. The molecule has 0 spiro atoms. The van der Waals surface area contributed by atoms with E-state index >= 15 is 0 Å². The van der Waals surface area contributed by atoms with Crippen molar-refractivity contribution in [1.29, 1.82) is 0 Å². The highest BCUT2D eigenvalue weighted by Crippen LogP contribution is 2.40. The van der Waals surface area contributed by atoms with Crippen LogP contribution in [-0.2, 0) is 16.6 Å². The lowest BCUT2D eigenvalue weighted by atomic mass is 9.94. The maximum Gasteiger partial charge on any atom is 0.295 e. The highest BCUT2D eigenvalue weighted by atomic mass is 35.5. The molecular formula is C22H27ClN4O3. The molecule has 1 amide bonds. The van der Waals surface area contributed by atoms with Gasteiger partial charge in [-0.25, -0.2) is 0 Å². The minimum atomic E-state index is -0.704. The number of amides is 1. The van der Waals surface area contributed by atoms with Crippen molar-refractivity contribution in [2.75, 3.05) is 27.2 Å². The van der Waals surface area contributed by atoms with Gasteiger partial charge in [-0.3, -0.25) is 14.3 Å². The number of aromatic nitrogens is 2. The number of carbonyl (C=O) groups excluding carboxylic acids is 2. The summed E-state index contributed by atoms with van der Waals surface area (Å²) >= 11 is 6.20. The van der Waals surface area contributed by atoms with Crippen LogP contribution in [0.15, 0.2) is 29.8 Å². The van der Waals surface area contributed by atoms with Crippen molar-refractivity contribution in [3.8, 4) is 0 Å². The minimum Gasteiger partial charge on any atom is -0.507 e. The zero-order valence-electron chi connectivity index (χ0n) is 17.9. The highest BCUT2D eigenvalue weighted by molar-refractivity contribution is 6.46. The van der Waals surface area contributed by atoms with Crippen molar-refractivity contribution in [3.63, 3.8) is 0 Å². The van der Waals surface area contributed by atoms with Crippen LogP contribution in [0, 0.1) is 13.8 Å². The van der Waals surface area contributed by atoms with Crippen molar-refractivity contribution in [3.05, 3.63) is 57.4 Å². The third kappa shape index (κ3) is 4.00. The Bertz CT molecular complexity index is 1030. The molecule has 2 aromatic rings. The standard InChI is InChI=1S/C22H27ClN4O3/c1-13-17(14(2)26(5)24-13)20(28)18-19(15-8-6-9-16(23)12-15)27(22(30)21(18)29)11-7-10-25(3)4/h6,8-9,12,19,28H,7,10-11H2,1-5H3. The smallest absolute Gasteiger partial charge is 0.295 e. The molecule has 1 aliphatic heterocycles. The van der Waals surface area contributed by atoms with E-state index in [1.165, 1.54) is 4.90 Å². The van der Waals surface area contributed by atoms with Crippen LogP contribution < -0.4 is 0 Å². The van der Waals surface area contributed by atoms with E-state index in [2.05, 4.69) is 5.10 Å². The van der Waals surface area contributed by atoms with Gasteiger partial charge in [0.05, 0.1) is 22.9 Å². The molecule has 30 heavy (non-hydrogen) atoms.